The predicted octanol–water partition coefficient (Wildman–Crippen LogP) is 4.70. The number of amides is 1. The van der Waals surface area contributed by atoms with Crippen molar-refractivity contribution in [3.8, 4) is 5.75 Å². The van der Waals surface area contributed by atoms with Crippen LogP contribution >= 0.6 is 0 Å². The van der Waals surface area contributed by atoms with Gasteiger partial charge in [-0.25, -0.2) is 0 Å². The molecule has 0 aliphatic carbocycles. The molecule has 0 heterocycles. The van der Waals surface area contributed by atoms with E-state index >= 15 is 0 Å². The zero-order chi connectivity index (χ0) is 17.0. The first-order chi connectivity index (χ1) is 11.8. The topological polar surface area (TPSA) is 50.4 Å². The molecule has 2 aromatic rings. The van der Waals surface area contributed by atoms with Crippen LogP contribution in [-0.4, -0.2) is 19.1 Å². The molecule has 0 aromatic heterocycles. The minimum absolute atomic E-state index is 0.0768. The van der Waals surface area contributed by atoms with Crippen LogP contribution in [0, 0.1) is 0 Å². The summed E-state index contributed by atoms with van der Waals surface area (Å²) >= 11 is 0. The quantitative estimate of drug-likeness (QED) is 0.622. The third-order valence-electron chi connectivity index (χ3n) is 3.63. The molecule has 2 aromatic carbocycles. The molecular weight excluding hydrogens is 300 g/mol. The molecular formula is C20H26N2O2. The average Bonchev–Trinajstić information content (AvgIpc) is 2.62. The lowest BCUT2D eigenvalue weighted by Gasteiger charge is -2.09. The number of anilines is 2. The molecule has 2 rings (SSSR count). The highest BCUT2D eigenvalue weighted by Gasteiger charge is 2.02. The van der Waals surface area contributed by atoms with Gasteiger partial charge in [-0.05, 0) is 42.8 Å². The number of carbonyl (C=O) groups is 1. The van der Waals surface area contributed by atoms with E-state index in [9.17, 15) is 4.79 Å². The van der Waals surface area contributed by atoms with Crippen molar-refractivity contribution in [2.45, 2.75) is 32.6 Å². The van der Waals surface area contributed by atoms with Crippen molar-refractivity contribution in [3.05, 3.63) is 54.6 Å². The normalized spacial score (nSPS) is 10.2. The Hall–Kier alpha value is -2.49. The molecule has 0 aliphatic heterocycles. The molecule has 4 nitrogen and oxygen atoms in total. The molecule has 0 saturated carbocycles. The number of ether oxygens (including phenoxy) is 1. The lowest BCUT2D eigenvalue weighted by molar-refractivity contribution is -0.114. The van der Waals surface area contributed by atoms with Gasteiger partial charge in [-0.3, -0.25) is 4.79 Å². The van der Waals surface area contributed by atoms with E-state index < -0.39 is 0 Å². The lowest BCUT2D eigenvalue weighted by atomic mass is 10.2. The molecule has 0 saturated heterocycles. The van der Waals surface area contributed by atoms with Crippen LogP contribution in [0.25, 0.3) is 0 Å². The van der Waals surface area contributed by atoms with E-state index in [1.807, 2.05) is 54.6 Å². The minimum Gasteiger partial charge on any atom is -0.494 e. The van der Waals surface area contributed by atoms with Crippen molar-refractivity contribution in [1.82, 2.24) is 0 Å². The summed E-state index contributed by atoms with van der Waals surface area (Å²) in [4.78, 5) is 11.9. The predicted molar refractivity (Wildman–Crippen MR) is 99.6 cm³/mol. The highest BCUT2D eigenvalue weighted by molar-refractivity contribution is 5.93. The van der Waals surface area contributed by atoms with Crippen LogP contribution in [0.5, 0.6) is 5.75 Å². The van der Waals surface area contributed by atoms with Gasteiger partial charge in [0.25, 0.3) is 0 Å². The second-order valence-electron chi connectivity index (χ2n) is 5.70. The highest BCUT2D eigenvalue weighted by Crippen LogP contribution is 2.16. The van der Waals surface area contributed by atoms with Crippen molar-refractivity contribution in [1.29, 1.82) is 0 Å². The lowest BCUT2D eigenvalue weighted by Crippen LogP contribution is -2.21. The van der Waals surface area contributed by atoms with E-state index in [0.29, 0.717) is 0 Å². The summed E-state index contributed by atoms with van der Waals surface area (Å²) in [6, 6.07) is 17.2. The maximum Gasteiger partial charge on any atom is 0.243 e. The highest BCUT2D eigenvalue weighted by atomic mass is 16.5. The Bertz CT molecular complexity index is 597. The standard InChI is InChI=1S/C20H26N2O2/c1-2-3-4-8-15-24-19-13-11-18(12-14-19)22-20(23)16-21-17-9-6-5-7-10-17/h5-7,9-14,21H,2-4,8,15-16H2,1H3,(H,22,23). The molecule has 4 heteroatoms. The fourth-order valence-electron chi connectivity index (χ4n) is 2.30. The second kappa shape index (κ2) is 10.3. The average molecular weight is 326 g/mol. The maximum atomic E-state index is 11.9. The van der Waals surface area contributed by atoms with Crippen LogP contribution in [0.3, 0.4) is 0 Å². The summed E-state index contributed by atoms with van der Waals surface area (Å²) in [6.45, 7) is 3.18. The monoisotopic (exact) mass is 326 g/mol. The first-order valence-electron chi connectivity index (χ1n) is 8.59. The van der Waals surface area contributed by atoms with Crippen LogP contribution in [0.2, 0.25) is 0 Å². The van der Waals surface area contributed by atoms with E-state index in [-0.39, 0.29) is 12.5 Å². The van der Waals surface area contributed by atoms with Crippen LogP contribution in [0.1, 0.15) is 32.6 Å². The number of para-hydroxylation sites is 1. The number of rotatable bonds is 10. The van der Waals surface area contributed by atoms with Gasteiger partial charge >= 0.3 is 0 Å². The SMILES string of the molecule is CCCCCCOc1ccc(NC(=O)CNc2ccccc2)cc1. The Morgan fingerprint density at radius 2 is 1.67 bits per heavy atom. The van der Waals surface area contributed by atoms with Crippen LogP contribution in [-0.2, 0) is 4.79 Å². The van der Waals surface area contributed by atoms with E-state index in [0.717, 1.165) is 30.2 Å². The summed E-state index contributed by atoms with van der Waals surface area (Å²) in [5.74, 6) is 0.763. The fraction of sp³-hybridized carbons (Fsp3) is 0.350. The second-order valence-corrected chi connectivity index (χ2v) is 5.70. The molecule has 0 fully saturated rings. The molecule has 128 valence electrons. The first kappa shape index (κ1) is 17.9. The van der Waals surface area contributed by atoms with E-state index in [1.165, 1.54) is 19.3 Å². The molecule has 0 bridgehead atoms. The van der Waals surface area contributed by atoms with Crippen molar-refractivity contribution in [3.63, 3.8) is 0 Å². The number of unbranched alkanes of at least 4 members (excludes halogenated alkanes) is 3. The van der Waals surface area contributed by atoms with Crippen molar-refractivity contribution in [2.24, 2.45) is 0 Å². The molecule has 0 spiro atoms. The molecule has 24 heavy (non-hydrogen) atoms. The number of benzene rings is 2. The molecule has 0 unspecified atom stereocenters. The molecule has 2 N–H and O–H groups in total. The first-order valence-corrected chi connectivity index (χ1v) is 8.59. The number of hydrogen-bond acceptors (Lipinski definition) is 3. The third-order valence-corrected chi connectivity index (χ3v) is 3.63. The zero-order valence-corrected chi connectivity index (χ0v) is 14.3. The maximum absolute atomic E-state index is 11.9. The van der Waals surface area contributed by atoms with Gasteiger partial charge in [0.15, 0.2) is 0 Å². The minimum atomic E-state index is -0.0768. The van der Waals surface area contributed by atoms with Gasteiger partial charge in [-0.15, -0.1) is 0 Å². The van der Waals surface area contributed by atoms with Gasteiger partial charge in [0.1, 0.15) is 5.75 Å². The summed E-state index contributed by atoms with van der Waals surface area (Å²) in [6.07, 6.45) is 4.77. The summed E-state index contributed by atoms with van der Waals surface area (Å²) in [7, 11) is 0. The Labute approximate surface area is 144 Å². The Kier molecular flexibility index (Phi) is 7.68. The Morgan fingerprint density at radius 1 is 0.917 bits per heavy atom. The Balaban J connectivity index is 1.69. The van der Waals surface area contributed by atoms with Crippen molar-refractivity contribution >= 4 is 17.3 Å². The smallest absolute Gasteiger partial charge is 0.243 e. The molecule has 1 amide bonds. The number of nitrogens with one attached hydrogen (secondary N) is 2. The van der Waals surface area contributed by atoms with Crippen LogP contribution in [0.15, 0.2) is 54.6 Å². The van der Waals surface area contributed by atoms with Crippen molar-refractivity contribution in [2.75, 3.05) is 23.8 Å². The van der Waals surface area contributed by atoms with Gasteiger partial charge in [0.2, 0.25) is 5.91 Å². The summed E-state index contributed by atoms with van der Waals surface area (Å²) in [5.41, 5.74) is 1.70. The van der Waals surface area contributed by atoms with Gasteiger partial charge < -0.3 is 15.4 Å². The summed E-state index contributed by atoms with van der Waals surface area (Å²) < 4.78 is 5.69. The molecule has 0 atom stereocenters. The molecule has 0 aliphatic rings. The fourth-order valence-corrected chi connectivity index (χ4v) is 2.30. The van der Waals surface area contributed by atoms with Crippen molar-refractivity contribution < 1.29 is 9.53 Å². The number of hydrogen-bond donors (Lipinski definition) is 2. The largest absolute Gasteiger partial charge is 0.494 e. The number of carbonyl (C=O) groups excluding carboxylic acids is 1. The van der Waals surface area contributed by atoms with Gasteiger partial charge in [-0.1, -0.05) is 44.4 Å². The van der Waals surface area contributed by atoms with E-state index in [4.69, 9.17) is 4.74 Å². The zero-order valence-electron chi connectivity index (χ0n) is 14.3. The van der Waals surface area contributed by atoms with Crippen LogP contribution < -0.4 is 15.4 Å². The van der Waals surface area contributed by atoms with E-state index in [2.05, 4.69) is 17.6 Å². The van der Waals surface area contributed by atoms with Gasteiger partial charge in [0.05, 0.1) is 13.2 Å². The van der Waals surface area contributed by atoms with Crippen LogP contribution in [0.4, 0.5) is 11.4 Å². The third kappa shape index (κ3) is 6.73. The van der Waals surface area contributed by atoms with Gasteiger partial charge in [0, 0.05) is 11.4 Å². The summed E-state index contributed by atoms with van der Waals surface area (Å²) in [5, 5.41) is 5.95. The Morgan fingerprint density at radius 3 is 2.38 bits per heavy atom. The van der Waals surface area contributed by atoms with Gasteiger partial charge in [-0.2, -0.15) is 0 Å². The molecule has 0 radical (unpaired) electrons. The van der Waals surface area contributed by atoms with E-state index in [1.54, 1.807) is 0 Å².